The third-order valence-electron chi connectivity index (χ3n) is 5.51. The van der Waals surface area contributed by atoms with Crippen LogP contribution in [-0.4, -0.2) is 50.1 Å². The fraction of sp³-hybridized carbons (Fsp3) is 0.409. The second kappa shape index (κ2) is 8.41. The molecule has 6 heteroatoms. The predicted molar refractivity (Wildman–Crippen MR) is 114 cm³/mol. The van der Waals surface area contributed by atoms with Crippen LogP contribution in [0.3, 0.4) is 0 Å². The van der Waals surface area contributed by atoms with Gasteiger partial charge >= 0.3 is 0 Å². The van der Waals surface area contributed by atoms with E-state index in [9.17, 15) is 4.79 Å². The quantitative estimate of drug-likeness (QED) is 0.834. The Bertz CT molecular complexity index is 863. The largest absolute Gasteiger partial charge is 0.493 e. The lowest BCUT2D eigenvalue weighted by Gasteiger charge is -2.36. The van der Waals surface area contributed by atoms with Gasteiger partial charge in [0.2, 0.25) is 5.91 Å². The number of piperazine rings is 1. The van der Waals surface area contributed by atoms with Gasteiger partial charge in [0.1, 0.15) is 5.75 Å². The van der Waals surface area contributed by atoms with Crippen molar-refractivity contribution in [3.05, 3.63) is 52.5 Å². The van der Waals surface area contributed by atoms with Crippen molar-refractivity contribution in [1.29, 1.82) is 0 Å². The zero-order valence-electron chi connectivity index (χ0n) is 16.2. The van der Waals surface area contributed by atoms with Gasteiger partial charge in [-0.15, -0.1) is 0 Å². The van der Waals surface area contributed by atoms with Crippen LogP contribution in [-0.2, 0) is 17.6 Å². The van der Waals surface area contributed by atoms with Crippen LogP contribution >= 0.6 is 11.6 Å². The molecule has 2 aromatic rings. The zero-order valence-corrected chi connectivity index (χ0v) is 17.0. The summed E-state index contributed by atoms with van der Waals surface area (Å²) in [5.74, 6) is 0.905. The van der Waals surface area contributed by atoms with E-state index < -0.39 is 0 Å². The molecule has 0 atom stereocenters. The molecule has 0 bridgehead atoms. The predicted octanol–water partition coefficient (Wildman–Crippen LogP) is 3.60. The molecule has 148 valence electrons. The van der Waals surface area contributed by atoms with Gasteiger partial charge in [-0.1, -0.05) is 30.7 Å². The summed E-state index contributed by atoms with van der Waals surface area (Å²) in [6.45, 7) is 7.94. The van der Waals surface area contributed by atoms with Gasteiger partial charge in [0.25, 0.3) is 0 Å². The maximum atomic E-state index is 12.7. The van der Waals surface area contributed by atoms with Crippen molar-refractivity contribution in [2.75, 3.05) is 49.5 Å². The standard InChI is InChI=1S/C22H26ClN3O2/c1-2-25-8-10-26(11-9-25)20-5-4-18(23)15-19(20)24-22(27)14-16-3-6-21-17(13-16)7-12-28-21/h3-6,13,15H,2,7-12,14H2,1H3,(H,24,27). The Balaban J connectivity index is 1.46. The highest BCUT2D eigenvalue weighted by Crippen LogP contribution is 2.31. The number of carbonyl (C=O) groups excluding carboxylic acids is 1. The minimum Gasteiger partial charge on any atom is -0.493 e. The van der Waals surface area contributed by atoms with Gasteiger partial charge in [-0.2, -0.15) is 0 Å². The molecule has 0 saturated carbocycles. The summed E-state index contributed by atoms with van der Waals surface area (Å²) < 4.78 is 5.54. The first kappa shape index (κ1) is 19.1. The van der Waals surface area contributed by atoms with Gasteiger partial charge in [-0.05, 0) is 41.9 Å². The van der Waals surface area contributed by atoms with Crippen LogP contribution in [0.25, 0.3) is 0 Å². The Morgan fingerprint density at radius 2 is 1.96 bits per heavy atom. The first-order valence-corrected chi connectivity index (χ1v) is 10.3. The van der Waals surface area contributed by atoms with Crippen molar-refractivity contribution in [2.24, 2.45) is 0 Å². The Labute approximate surface area is 171 Å². The Morgan fingerprint density at radius 1 is 1.14 bits per heavy atom. The monoisotopic (exact) mass is 399 g/mol. The van der Waals surface area contributed by atoms with E-state index in [4.69, 9.17) is 16.3 Å². The van der Waals surface area contributed by atoms with Crippen molar-refractivity contribution >= 4 is 28.9 Å². The smallest absolute Gasteiger partial charge is 0.228 e. The van der Waals surface area contributed by atoms with Gasteiger partial charge in [0, 0.05) is 37.6 Å². The van der Waals surface area contributed by atoms with Crippen molar-refractivity contribution < 1.29 is 9.53 Å². The maximum Gasteiger partial charge on any atom is 0.228 e. The van der Waals surface area contributed by atoms with Gasteiger partial charge in [-0.25, -0.2) is 0 Å². The summed E-state index contributed by atoms with van der Waals surface area (Å²) >= 11 is 6.22. The molecule has 5 nitrogen and oxygen atoms in total. The fourth-order valence-corrected chi connectivity index (χ4v) is 4.09. The summed E-state index contributed by atoms with van der Waals surface area (Å²) in [4.78, 5) is 17.5. The van der Waals surface area contributed by atoms with Gasteiger partial charge < -0.3 is 19.9 Å². The molecular weight excluding hydrogens is 374 g/mol. The molecule has 0 unspecified atom stereocenters. The summed E-state index contributed by atoms with van der Waals surface area (Å²) in [5, 5.41) is 3.71. The van der Waals surface area contributed by atoms with Crippen LogP contribution in [0.4, 0.5) is 11.4 Å². The average Bonchev–Trinajstić information content (AvgIpc) is 3.16. The number of nitrogens with zero attached hydrogens (tertiary/aromatic N) is 2. The number of benzene rings is 2. The molecule has 1 fully saturated rings. The number of likely N-dealkylation sites (N-methyl/N-ethyl adjacent to an activating group) is 1. The number of nitrogens with one attached hydrogen (secondary N) is 1. The first-order chi connectivity index (χ1) is 13.6. The zero-order chi connectivity index (χ0) is 19.5. The molecule has 2 aliphatic rings. The van der Waals surface area contributed by atoms with Crippen molar-refractivity contribution in [3.63, 3.8) is 0 Å². The third kappa shape index (κ3) is 4.26. The molecule has 2 aromatic carbocycles. The molecule has 0 radical (unpaired) electrons. The molecule has 2 aliphatic heterocycles. The van der Waals surface area contributed by atoms with Crippen LogP contribution in [0.5, 0.6) is 5.75 Å². The summed E-state index contributed by atoms with van der Waals surface area (Å²) in [7, 11) is 0. The second-order valence-corrected chi connectivity index (χ2v) is 7.78. The highest BCUT2D eigenvalue weighted by Gasteiger charge is 2.20. The number of amides is 1. The molecule has 28 heavy (non-hydrogen) atoms. The van der Waals surface area contributed by atoms with E-state index in [-0.39, 0.29) is 5.91 Å². The fourth-order valence-electron chi connectivity index (χ4n) is 3.92. The lowest BCUT2D eigenvalue weighted by Crippen LogP contribution is -2.46. The first-order valence-electron chi connectivity index (χ1n) is 9.93. The van der Waals surface area contributed by atoms with Gasteiger partial charge in [0.15, 0.2) is 0 Å². The summed E-state index contributed by atoms with van der Waals surface area (Å²) in [6, 6.07) is 11.7. The van der Waals surface area contributed by atoms with E-state index in [1.165, 1.54) is 5.56 Å². The van der Waals surface area contributed by atoms with Crippen molar-refractivity contribution in [3.8, 4) is 5.75 Å². The number of hydrogen-bond donors (Lipinski definition) is 1. The normalized spacial score (nSPS) is 16.6. The van der Waals surface area contributed by atoms with Crippen molar-refractivity contribution in [2.45, 2.75) is 19.8 Å². The van der Waals surface area contributed by atoms with Crippen LogP contribution in [0.15, 0.2) is 36.4 Å². The van der Waals surface area contributed by atoms with Gasteiger partial charge in [-0.3, -0.25) is 4.79 Å². The highest BCUT2D eigenvalue weighted by molar-refractivity contribution is 6.31. The van der Waals surface area contributed by atoms with Crippen molar-refractivity contribution in [1.82, 2.24) is 4.90 Å². The SMILES string of the molecule is CCN1CCN(c2ccc(Cl)cc2NC(=O)Cc2ccc3c(c2)CCO3)CC1. The molecule has 0 aliphatic carbocycles. The maximum absolute atomic E-state index is 12.7. The molecule has 2 heterocycles. The Kier molecular flexibility index (Phi) is 5.74. The molecule has 1 saturated heterocycles. The van der Waals surface area contributed by atoms with E-state index in [1.54, 1.807) is 0 Å². The lowest BCUT2D eigenvalue weighted by molar-refractivity contribution is -0.115. The van der Waals surface area contributed by atoms with E-state index in [0.717, 1.165) is 68.4 Å². The number of hydrogen-bond acceptors (Lipinski definition) is 4. The summed E-state index contributed by atoms with van der Waals surface area (Å²) in [5.41, 5.74) is 4.01. The molecule has 1 N–H and O–H groups in total. The number of fused-ring (bicyclic) bond motifs is 1. The molecule has 4 rings (SSSR count). The number of anilines is 2. The molecule has 0 spiro atoms. The second-order valence-electron chi connectivity index (χ2n) is 7.35. The average molecular weight is 400 g/mol. The molecule has 0 aromatic heterocycles. The Hall–Kier alpha value is -2.24. The minimum absolute atomic E-state index is 0.0328. The highest BCUT2D eigenvalue weighted by atomic mass is 35.5. The van der Waals surface area contributed by atoms with Crippen LogP contribution in [0.2, 0.25) is 5.02 Å². The van der Waals surface area contributed by atoms with E-state index >= 15 is 0 Å². The van der Waals surface area contributed by atoms with Crippen LogP contribution in [0, 0.1) is 0 Å². The molecular formula is C22H26ClN3O2. The minimum atomic E-state index is -0.0328. The Morgan fingerprint density at radius 3 is 2.75 bits per heavy atom. The third-order valence-corrected chi connectivity index (χ3v) is 5.75. The number of halogens is 1. The van der Waals surface area contributed by atoms with E-state index in [1.807, 2.05) is 30.3 Å². The topological polar surface area (TPSA) is 44.8 Å². The van der Waals surface area contributed by atoms with E-state index in [2.05, 4.69) is 28.1 Å². The number of ether oxygens (including phenoxy) is 1. The van der Waals surface area contributed by atoms with Gasteiger partial charge in [0.05, 0.1) is 24.4 Å². The van der Waals surface area contributed by atoms with Crippen LogP contribution < -0.4 is 15.0 Å². The molecule has 1 amide bonds. The number of rotatable bonds is 5. The lowest BCUT2D eigenvalue weighted by atomic mass is 10.1. The van der Waals surface area contributed by atoms with Crippen LogP contribution in [0.1, 0.15) is 18.1 Å². The van der Waals surface area contributed by atoms with E-state index in [0.29, 0.717) is 11.4 Å². The summed E-state index contributed by atoms with van der Waals surface area (Å²) in [6.07, 6.45) is 1.25. The number of carbonyl (C=O) groups is 1.